The summed E-state index contributed by atoms with van der Waals surface area (Å²) in [6, 6.07) is 33.6. The van der Waals surface area contributed by atoms with E-state index in [0.717, 1.165) is 31.7 Å². The van der Waals surface area contributed by atoms with Crippen LogP contribution in [0.1, 0.15) is 27.5 Å². The summed E-state index contributed by atoms with van der Waals surface area (Å²) in [6.07, 6.45) is 0. The van der Waals surface area contributed by atoms with Gasteiger partial charge in [-0.25, -0.2) is 0 Å². The van der Waals surface area contributed by atoms with Crippen LogP contribution in [0.4, 0.5) is 11.4 Å². The Hall–Kier alpha value is -3.93. The second-order valence-electron chi connectivity index (χ2n) is 9.05. The summed E-state index contributed by atoms with van der Waals surface area (Å²) in [5.74, 6) is -0.366. The molecule has 1 saturated heterocycles. The molecule has 0 radical (unpaired) electrons. The first-order valence-corrected chi connectivity index (χ1v) is 12.8. The van der Waals surface area contributed by atoms with E-state index in [1.807, 2.05) is 66.7 Å². The number of para-hydroxylation sites is 1. The van der Waals surface area contributed by atoms with Crippen LogP contribution in [0.3, 0.4) is 0 Å². The van der Waals surface area contributed by atoms with Gasteiger partial charge in [0.15, 0.2) is 5.78 Å². The summed E-state index contributed by atoms with van der Waals surface area (Å²) in [5, 5.41) is 3.49. The van der Waals surface area contributed by atoms with Gasteiger partial charge in [0, 0.05) is 48.0 Å². The number of hydrogen-bond acceptors (Lipinski definition) is 4. The molecule has 1 fully saturated rings. The lowest BCUT2D eigenvalue weighted by atomic mass is 10.00. The van der Waals surface area contributed by atoms with Gasteiger partial charge in [0.25, 0.3) is 0 Å². The van der Waals surface area contributed by atoms with Crippen molar-refractivity contribution in [3.05, 3.63) is 131 Å². The highest BCUT2D eigenvalue weighted by molar-refractivity contribution is 6.31. The van der Waals surface area contributed by atoms with Gasteiger partial charge in [-0.3, -0.25) is 14.5 Å². The van der Waals surface area contributed by atoms with E-state index in [0.29, 0.717) is 21.8 Å². The lowest BCUT2D eigenvalue weighted by molar-refractivity contribution is -0.121. The molecule has 1 amide bonds. The molecule has 1 aliphatic heterocycles. The average molecular weight is 510 g/mol. The Kier molecular flexibility index (Phi) is 7.64. The monoisotopic (exact) mass is 509 g/mol. The molecule has 1 heterocycles. The van der Waals surface area contributed by atoms with Crippen molar-refractivity contribution in [1.29, 1.82) is 0 Å². The third-order valence-corrected chi connectivity index (χ3v) is 6.92. The Morgan fingerprint density at radius 2 is 1.32 bits per heavy atom. The van der Waals surface area contributed by atoms with Crippen molar-refractivity contribution in [1.82, 2.24) is 4.90 Å². The quantitative estimate of drug-likeness (QED) is 0.307. The second kappa shape index (κ2) is 11.4. The molecule has 0 aliphatic carbocycles. The first kappa shape index (κ1) is 24.8. The summed E-state index contributed by atoms with van der Waals surface area (Å²) in [5.41, 5.74) is 3.46. The molecule has 186 valence electrons. The van der Waals surface area contributed by atoms with Crippen molar-refractivity contribution in [2.45, 2.75) is 6.04 Å². The van der Waals surface area contributed by atoms with Crippen molar-refractivity contribution >= 4 is 34.7 Å². The molecule has 6 heteroatoms. The van der Waals surface area contributed by atoms with Crippen LogP contribution in [-0.4, -0.2) is 42.8 Å². The number of carbonyl (C=O) groups excluding carboxylic acids is 2. The van der Waals surface area contributed by atoms with E-state index in [1.54, 1.807) is 30.3 Å². The number of hydrogen-bond donors (Lipinski definition) is 1. The smallest absolute Gasteiger partial charge is 0.246 e. The molecule has 1 atom stereocenters. The van der Waals surface area contributed by atoms with Crippen LogP contribution in [-0.2, 0) is 4.79 Å². The van der Waals surface area contributed by atoms with Gasteiger partial charge in [0.05, 0.1) is 5.69 Å². The number of piperazine rings is 1. The summed E-state index contributed by atoms with van der Waals surface area (Å²) in [7, 11) is 0. The van der Waals surface area contributed by atoms with E-state index in [4.69, 9.17) is 11.6 Å². The van der Waals surface area contributed by atoms with E-state index in [-0.39, 0.29) is 11.7 Å². The predicted octanol–water partition coefficient (Wildman–Crippen LogP) is 6.07. The fourth-order valence-corrected chi connectivity index (χ4v) is 4.97. The third kappa shape index (κ3) is 5.74. The van der Waals surface area contributed by atoms with E-state index < -0.39 is 6.04 Å². The summed E-state index contributed by atoms with van der Waals surface area (Å²) >= 11 is 6.25. The lowest BCUT2D eigenvalue weighted by Crippen LogP contribution is -2.50. The molecule has 0 bridgehead atoms. The molecule has 4 aromatic carbocycles. The van der Waals surface area contributed by atoms with Gasteiger partial charge in [-0.1, -0.05) is 90.5 Å². The summed E-state index contributed by atoms with van der Waals surface area (Å²) in [4.78, 5) is 31.7. The third-order valence-electron chi connectivity index (χ3n) is 6.68. The first-order chi connectivity index (χ1) is 18.1. The maximum Gasteiger partial charge on any atom is 0.246 e. The number of amides is 1. The van der Waals surface area contributed by atoms with E-state index in [1.165, 1.54) is 5.69 Å². The Morgan fingerprint density at radius 1 is 0.730 bits per heavy atom. The number of halogens is 1. The van der Waals surface area contributed by atoms with Crippen LogP contribution >= 0.6 is 11.6 Å². The van der Waals surface area contributed by atoms with E-state index >= 15 is 0 Å². The molecule has 37 heavy (non-hydrogen) atoms. The Balaban J connectivity index is 1.40. The van der Waals surface area contributed by atoms with Crippen LogP contribution in [0.25, 0.3) is 0 Å². The standard InChI is InChI=1S/C31H28ClN3O2/c32-25-16-17-28(27(22-25)30(36)24-12-6-2-7-13-24)33-31(37)29(23-10-4-1-5-11-23)35-20-18-34(19-21-35)26-14-8-3-9-15-26/h1-17,22,29H,18-21H2,(H,33,37). The summed E-state index contributed by atoms with van der Waals surface area (Å²) in [6.45, 7) is 3.11. The van der Waals surface area contributed by atoms with Gasteiger partial charge in [-0.2, -0.15) is 0 Å². The highest BCUT2D eigenvalue weighted by Crippen LogP contribution is 2.29. The van der Waals surface area contributed by atoms with Gasteiger partial charge < -0.3 is 10.2 Å². The molecular weight excluding hydrogens is 482 g/mol. The number of carbonyl (C=O) groups is 2. The lowest BCUT2D eigenvalue weighted by Gasteiger charge is -2.39. The molecule has 0 aromatic heterocycles. The number of anilines is 2. The van der Waals surface area contributed by atoms with Gasteiger partial charge in [0.2, 0.25) is 5.91 Å². The molecule has 1 unspecified atom stereocenters. The minimum atomic E-state index is -0.491. The van der Waals surface area contributed by atoms with Crippen molar-refractivity contribution in [2.24, 2.45) is 0 Å². The molecule has 1 N–H and O–H groups in total. The largest absolute Gasteiger partial charge is 0.369 e. The molecule has 0 spiro atoms. The fourth-order valence-electron chi connectivity index (χ4n) is 4.80. The van der Waals surface area contributed by atoms with Crippen LogP contribution in [0.15, 0.2) is 109 Å². The second-order valence-corrected chi connectivity index (χ2v) is 9.48. The Morgan fingerprint density at radius 3 is 1.97 bits per heavy atom. The maximum atomic E-state index is 13.8. The zero-order valence-electron chi connectivity index (χ0n) is 20.4. The zero-order valence-corrected chi connectivity index (χ0v) is 21.1. The van der Waals surface area contributed by atoms with Gasteiger partial charge in [-0.05, 0) is 35.9 Å². The molecule has 0 saturated carbocycles. The number of rotatable bonds is 7. The van der Waals surface area contributed by atoms with Crippen LogP contribution in [0, 0.1) is 0 Å². The van der Waals surface area contributed by atoms with Gasteiger partial charge in [0.1, 0.15) is 6.04 Å². The highest BCUT2D eigenvalue weighted by Gasteiger charge is 2.31. The molecule has 5 rings (SSSR count). The minimum absolute atomic E-state index is 0.177. The highest BCUT2D eigenvalue weighted by atomic mass is 35.5. The van der Waals surface area contributed by atoms with Gasteiger partial charge in [-0.15, -0.1) is 0 Å². The van der Waals surface area contributed by atoms with Crippen molar-refractivity contribution in [3.63, 3.8) is 0 Å². The average Bonchev–Trinajstić information content (AvgIpc) is 2.96. The summed E-state index contributed by atoms with van der Waals surface area (Å²) < 4.78 is 0. The van der Waals surface area contributed by atoms with Crippen LogP contribution in [0.5, 0.6) is 0 Å². The predicted molar refractivity (Wildman–Crippen MR) is 149 cm³/mol. The minimum Gasteiger partial charge on any atom is -0.369 e. The fraction of sp³-hybridized carbons (Fsp3) is 0.161. The molecule has 4 aromatic rings. The maximum absolute atomic E-state index is 13.8. The topological polar surface area (TPSA) is 52.7 Å². The normalized spacial score (nSPS) is 14.7. The van der Waals surface area contributed by atoms with Crippen LogP contribution < -0.4 is 10.2 Å². The van der Waals surface area contributed by atoms with Crippen LogP contribution in [0.2, 0.25) is 5.02 Å². The Bertz CT molecular complexity index is 1360. The molecule has 1 aliphatic rings. The van der Waals surface area contributed by atoms with Crippen molar-refractivity contribution < 1.29 is 9.59 Å². The number of nitrogens with zero attached hydrogens (tertiary/aromatic N) is 2. The van der Waals surface area contributed by atoms with Gasteiger partial charge >= 0.3 is 0 Å². The van der Waals surface area contributed by atoms with E-state index in [9.17, 15) is 9.59 Å². The van der Waals surface area contributed by atoms with Crippen molar-refractivity contribution in [3.8, 4) is 0 Å². The molecular formula is C31H28ClN3O2. The van der Waals surface area contributed by atoms with Crippen molar-refractivity contribution in [2.75, 3.05) is 36.4 Å². The number of benzene rings is 4. The number of ketones is 1. The Labute approximate surface area is 222 Å². The first-order valence-electron chi connectivity index (χ1n) is 12.4. The van der Waals surface area contributed by atoms with E-state index in [2.05, 4.69) is 27.2 Å². The molecule has 5 nitrogen and oxygen atoms in total. The zero-order chi connectivity index (χ0) is 25.6. The number of nitrogens with one attached hydrogen (secondary N) is 1. The SMILES string of the molecule is O=C(c1ccccc1)c1cc(Cl)ccc1NC(=O)C(c1ccccc1)N1CCN(c2ccccc2)CC1.